The summed E-state index contributed by atoms with van der Waals surface area (Å²) in [5.41, 5.74) is 0. The molecule has 0 aliphatic carbocycles. The van der Waals surface area contributed by atoms with Gasteiger partial charge in [-0.3, -0.25) is 0 Å². The summed E-state index contributed by atoms with van der Waals surface area (Å²) in [6.07, 6.45) is -31.2. The molecule has 0 amide bonds. The minimum atomic E-state index is -5.19. The number of allylic oxidation sites excluding steroid dienone is 6. The van der Waals surface area contributed by atoms with Crippen molar-refractivity contribution < 1.29 is 100 Å². The molecule has 0 unspecified atom stereocenters. The van der Waals surface area contributed by atoms with E-state index in [0.29, 0.717) is 0 Å². The van der Waals surface area contributed by atoms with Crippen LogP contribution in [0, 0.1) is 0 Å². The van der Waals surface area contributed by atoms with Gasteiger partial charge in [0.25, 0.3) is 0 Å². The topological polar surface area (TPSA) is 0 Å². The van der Waals surface area contributed by atoms with Gasteiger partial charge in [0.15, 0.2) is 0 Å². The Morgan fingerprint density at radius 1 is 0.243 bits per heavy atom. The molecule has 0 atom stereocenters. The van der Waals surface area contributed by atoms with Crippen LogP contribution in [0.3, 0.4) is 0 Å². The van der Waals surface area contributed by atoms with E-state index in [-0.39, 0.29) is 21.1 Å². The maximum atomic E-state index is 11.5. The summed E-state index contributed by atoms with van der Waals surface area (Å²) in [6, 6.07) is 0. The van der Waals surface area contributed by atoms with E-state index in [4.69, 9.17) is 0 Å². The predicted octanol–water partition coefficient (Wildman–Crippen LogP) is 7.25. The molecule has 37 heavy (non-hydrogen) atoms. The third-order valence-electron chi connectivity index (χ3n) is 2.16. The van der Waals surface area contributed by atoms with E-state index < -0.39 is 66.5 Å². The summed E-state index contributed by atoms with van der Waals surface area (Å²) >= 11 is 20.9. The van der Waals surface area contributed by atoms with Gasteiger partial charge in [0, 0.05) is 21.1 Å². The first-order valence-electron chi connectivity index (χ1n) is 6.88. The number of hydrogen-bond acceptors (Lipinski definition) is 6. The maximum absolute atomic E-state index is 11.5. The Morgan fingerprint density at radius 2 is 0.297 bits per heavy atom. The van der Waals surface area contributed by atoms with Gasteiger partial charge in [-0.25, -0.2) is 0 Å². The molecule has 0 saturated heterocycles. The molecule has 0 rings (SSSR count). The van der Waals surface area contributed by atoms with Crippen LogP contribution in [0.4, 0.5) is 79.0 Å². The van der Waals surface area contributed by atoms with Crippen LogP contribution in [0.1, 0.15) is 0 Å². The zero-order valence-electron chi connectivity index (χ0n) is 15.7. The van der Waals surface area contributed by atoms with Crippen LogP contribution >= 0.6 is 0 Å². The fourth-order valence-corrected chi connectivity index (χ4v) is 1.47. The zero-order valence-corrected chi connectivity index (χ0v) is 22.6. The number of hydrogen-bond donors (Lipinski definition) is 0. The number of alkyl halides is 18. The molecule has 0 aromatic carbocycles. The van der Waals surface area contributed by atoms with Gasteiger partial charge in [-0.2, -0.15) is 79.0 Å². The molecular formula is C12F18MoS6-6. The Bertz CT molecular complexity index is 646. The first kappa shape index (κ1) is 44.0. The standard InChI is InChI=1S/3C4H2F6S2.Mo/c3*5-3(6,7)1(11)2(12)4(8,9)10;/h3*11-12H;/p-6. The van der Waals surface area contributed by atoms with Crippen molar-refractivity contribution in [3.05, 3.63) is 29.4 Å². The van der Waals surface area contributed by atoms with Crippen LogP contribution in [-0.4, -0.2) is 37.1 Å². The minimum Gasteiger partial charge on any atom is -0.777 e. The summed E-state index contributed by atoms with van der Waals surface area (Å²) in [6.45, 7) is 0. The van der Waals surface area contributed by atoms with Gasteiger partial charge < -0.3 is 75.8 Å². The molecule has 0 fully saturated rings. The zero-order chi connectivity index (χ0) is 30.5. The van der Waals surface area contributed by atoms with Gasteiger partial charge in [0.2, 0.25) is 0 Å². The van der Waals surface area contributed by atoms with Crippen molar-refractivity contribution in [1.29, 1.82) is 0 Å². The van der Waals surface area contributed by atoms with Crippen LogP contribution in [0.5, 0.6) is 0 Å². The van der Waals surface area contributed by atoms with Crippen LogP contribution in [0.25, 0.3) is 0 Å². The fraction of sp³-hybridized carbons (Fsp3) is 0.500. The van der Waals surface area contributed by atoms with Crippen LogP contribution in [-0.2, 0) is 96.8 Å². The summed E-state index contributed by atoms with van der Waals surface area (Å²) < 4.78 is 207. The smallest absolute Gasteiger partial charge is 0.391 e. The molecule has 0 aliphatic rings. The van der Waals surface area contributed by atoms with Crippen LogP contribution < -0.4 is 0 Å². The summed E-state index contributed by atoms with van der Waals surface area (Å²) in [4.78, 5) is -13.2. The van der Waals surface area contributed by atoms with Gasteiger partial charge in [0.1, 0.15) is 0 Å². The van der Waals surface area contributed by atoms with E-state index in [2.05, 4.69) is 75.8 Å². The van der Waals surface area contributed by atoms with E-state index >= 15 is 0 Å². The van der Waals surface area contributed by atoms with Crippen molar-refractivity contribution in [3.63, 3.8) is 0 Å². The molecule has 222 valence electrons. The molecule has 0 N–H and O–H groups in total. The van der Waals surface area contributed by atoms with Crippen molar-refractivity contribution in [3.8, 4) is 0 Å². The van der Waals surface area contributed by atoms with Crippen molar-refractivity contribution in [2.45, 2.75) is 37.1 Å². The largest absolute Gasteiger partial charge is 0.777 e. The number of halogens is 18. The first-order valence-corrected chi connectivity index (χ1v) is 9.33. The molecule has 25 heteroatoms. The number of rotatable bonds is 0. The average Bonchev–Trinajstić information content (AvgIpc) is 2.60. The molecular weight excluding hydrogens is 774 g/mol. The Kier molecular flexibility index (Phi) is 18.0. The van der Waals surface area contributed by atoms with Crippen molar-refractivity contribution in [2.75, 3.05) is 0 Å². The van der Waals surface area contributed by atoms with E-state index in [1.165, 1.54) is 0 Å². The second kappa shape index (κ2) is 15.1. The van der Waals surface area contributed by atoms with Gasteiger partial charge >= 0.3 is 37.1 Å². The van der Waals surface area contributed by atoms with E-state index in [9.17, 15) is 79.0 Å². The fourth-order valence-electron chi connectivity index (χ4n) is 0.772. The molecule has 0 bridgehead atoms. The van der Waals surface area contributed by atoms with Crippen LogP contribution in [0.2, 0.25) is 0 Å². The van der Waals surface area contributed by atoms with Gasteiger partial charge in [-0.05, 0) is 0 Å². The quantitative estimate of drug-likeness (QED) is 0.144. The monoisotopic (exact) mass is 776 g/mol. The first-order chi connectivity index (χ1) is 15.2. The summed E-state index contributed by atoms with van der Waals surface area (Å²) in [5.74, 6) is 0. The van der Waals surface area contributed by atoms with Crippen molar-refractivity contribution in [1.82, 2.24) is 0 Å². The normalized spacial score (nSPS) is 15.4. The third kappa shape index (κ3) is 18.0. The van der Waals surface area contributed by atoms with E-state index in [1.54, 1.807) is 0 Å². The molecule has 0 aliphatic heterocycles. The van der Waals surface area contributed by atoms with Gasteiger partial charge in [-0.1, -0.05) is 0 Å². The van der Waals surface area contributed by atoms with Gasteiger partial charge in [-0.15, -0.1) is 29.4 Å². The van der Waals surface area contributed by atoms with E-state index in [1.807, 2.05) is 0 Å². The molecule has 0 aromatic rings. The maximum Gasteiger partial charge on any atom is 0.391 e. The molecule has 0 saturated carbocycles. The Labute approximate surface area is 241 Å². The second-order valence-electron chi connectivity index (χ2n) is 4.96. The third-order valence-corrected chi connectivity index (χ3v) is 5.16. The Hall–Kier alpha value is -0.0317. The molecule has 0 aromatic heterocycles. The van der Waals surface area contributed by atoms with Crippen molar-refractivity contribution >= 4 is 75.8 Å². The molecule has 0 radical (unpaired) electrons. The van der Waals surface area contributed by atoms with Gasteiger partial charge in [0.05, 0.1) is 0 Å². The van der Waals surface area contributed by atoms with E-state index in [0.717, 1.165) is 0 Å². The Morgan fingerprint density at radius 3 is 0.324 bits per heavy atom. The van der Waals surface area contributed by atoms with Crippen LogP contribution in [0.15, 0.2) is 29.4 Å². The second-order valence-corrected chi connectivity index (χ2v) is 7.41. The average molecular weight is 774 g/mol. The predicted molar refractivity (Wildman–Crippen MR) is 102 cm³/mol. The Balaban J connectivity index is -0.000000218. The molecule has 0 spiro atoms. The van der Waals surface area contributed by atoms with Crippen molar-refractivity contribution in [2.24, 2.45) is 0 Å². The minimum absolute atomic E-state index is 0. The summed E-state index contributed by atoms with van der Waals surface area (Å²) in [7, 11) is 0. The molecule has 0 heterocycles. The SMILES string of the molecule is FC(F)(F)C([S-])=C([S-])C(F)(F)F.FC(F)(F)C([S-])=C([S-])C(F)(F)F.FC(F)(F)C([S-])=C([S-])C(F)(F)F.[Mo]. The summed E-state index contributed by atoms with van der Waals surface area (Å²) in [5, 5.41) is 0. The molecule has 0 nitrogen and oxygen atoms in total.